The maximum absolute atomic E-state index is 14.6. The van der Waals surface area contributed by atoms with Crippen molar-refractivity contribution in [2.24, 2.45) is 0 Å². The summed E-state index contributed by atoms with van der Waals surface area (Å²) in [5.41, 5.74) is -2.19. The number of likely N-dealkylation sites (tertiary alicyclic amines) is 1. The van der Waals surface area contributed by atoms with Gasteiger partial charge in [-0.25, -0.2) is 0 Å². The summed E-state index contributed by atoms with van der Waals surface area (Å²) in [4.78, 5) is 24.1. The van der Waals surface area contributed by atoms with Crippen molar-refractivity contribution < 1.29 is 41.8 Å². The predicted molar refractivity (Wildman–Crippen MR) is 106 cm³/mol. The average molecular weight is 463 g/mol. The molecular weight excluding hydrogens is 437 g/mol. The number of amides is 1. The molecule has 1 heterocycles. The second-order valence-electron chi connectivity index (χ2n) is 7.78. The number of hydrogen-bond acceptors (Lipinski definition) is 3. The summed E-state index contributed by atoms with van der Waals surface area (Å²) in [5.74, 6) is -4.97. The number of carbonyl (C=O) groups is 2. The van der Waals surface area contributed by atoms with Crippen LogP contribution in [-0.4, -0.2) is 45.7 Å². The number of rotatable bonds is 11. The van der Waals surface area contributed by atoms with Gasteiger partial charge in [-0.05, 0) is 31.4 Å². The highest BCUT2D eigenvalue weighted by Crippen LogP contribution is 2.37. The van der Waals surface area contributed by atoms with Crippen LogP contribution in [0.2, 0.25) is 0 Å². The Bertz CT molecular complexity index is 825. The summed E-state index contributed by atoms with van der Waals surface area (Å²) in [6, 6.07) is 2.17. The molecule has 1 aliphatic heterocycles. The number of unbranched alkanes of at least 4 members (excludes halogenated alkanes) is 3. The lowest BCUT2D eigenvalue weighted by molar-refractivity contribution is -0.138. The summed E-state index contributed by atoms with van der Waals surface area (Å²) in [7, 11) is 0. The van der Waals surface area contributed by atoms with Gasteiger partial charge in [0.2, 0.25) is 5.91 Å². The molecule has 1 saturated heterocycles. The van der Waals surface area contributed by atoms with Crippen molar-refractivity contribution in [1.82, 2.24) is 4.90 Å². The summed E-state index contributed by atoms with van der Waals surface area (Å²) >= 11 is 0. The topological polar surface area (TPSA) is 77.8 Å². The van der Waals surface area contributed by atoms with Gasteiger partial charge in [0.25, 0.3) is 0 Å². The lowest BCUT2D eigenvalue weighted by atomic mass is 9.99. The van der Waals surface area contributed by atoms with Gasteiger partial charge in [-0.1, -0.05) is 37.1 Å². The molecule has 0 bridgehead atoms. The van der Waals surface area contributed by atoms with Crippen molar-refractivity contribution in [3.63, 3.8) is 0 Å². The molecule has 178 valence electrons. The Hall–Kier alpha value is -2.49. The molecule has 2 atom stereocenters. The average Bonchev–Trinajstić information content (AvgIpc) is 3.07. The molecule has 0 aliphatic carbocycles. The van der Waals surface area contributed by atoms with E-state index in [9.17, 15) is 36.6 Å². The maximum atomic E-state index is 14.6. The SMILES string of the molecule is O=C(O)CCCCCCN1C(=O)CC[C@@H]1/C=C/[C@@H](O)C(F)(F)c1cccc(C(F)(F)F)c1. The third-order valence-electron chi connectivity index (χ3n) is 5.38. The molecule has 1 amide bonds. The Kier molecular flexibility index (Phi) is 8.77. The van der Waals surface area contributed by atoms with E-state index < -0.39 is 41.3 Å². The number of carboxylic acids is 1. The molecule has 32 heavy (non-hydrogen) atoms. The number of aliphatic carboxylic acids is 1. The lowest BCUT2D eigenvalue weighted by Crippen LogP contribution is -2.34. The van der Waals surface area contributed by atoms with Gasteiger partial charge in [0.05, 0.1) is 11.6 Å². The number of halogens is 5. The van der Waals surface area contributed by atoms with Gasteiger partial charge in [0.15, 0.2) is 0 Å². The molecule has 2 N–H and O–H groups in total. The van der Waals surface area contributed by atoms with Crippen LogP contribution in [0.15, 0.2) is 36.4 Å². The van der Waals surface area contributed by atoms with Gasteiger partial charge in [0.1, 0.15) is 6.10 Å². The molecule has 0 radical (unpaired) electrons. The number of carboxylic acid groups (broad SMARTS) is 1. The molecule has 1 fully saturated rings. The summed E-state index contributed by atoms with van der Waals surface area (Å²) < 4.78 is 67.5. The fraction of sp³-hybridized carbons (Fsp3) is 0.545. The second-order valence-corrected chi connectivity index (χ2v) is 7.78. The third kappa shape index (κ3) is 7.01. The molecule has 1 aromatic carbocycles. The number of hydrogen-bond donors (Lipinski definition) is 2. The Morgan fingerprint density at radius 1 is 1.12 bits per heavy atom. The van der Waals surface area contributed by atoms with Gasteiger partial charge in [-0.15, -0.1) is 0 Å². The first-order valence-electron chi connectivity index (χ1n) is 10.4. The van der Waals surface area contributed by atoms with E-state index in [-0.39, 0.29) is 18.7 Å². The van der Waals surface area contributed by atoms with Gasteiger partial charge in [-0.3, -0.25) is 9.59 Å². The number of aliphatic hydroxyl groups excluding tert-OH is 1. The first-order valence-corrected chi connectivity index (χ1v) is 10.4. The van der Waals surface area contributed by atoms with E-state index in [0.29, 0.717) is 50.8 Å². The first-order chi connectivity index (χ1) is 14.9. The Morgan fingerprint density at radius 3 is 2.44 bits per heavy atom. The van der Waals surface area contributed by atoms with E-state index in [2.05, 4.69) is 0 Å². The number of aliphatic hydroxyl groups is 1. The lowest BCUT2D eigenvalue weighted by Gasteiger charge is -2.24. The minimum absolute atomic E-state index is 0.0754. The summed E-state index contributed by atoms with van der Waals surface area (Å²) in [6.45, 7) is 0.376. The smallest absolute Gasteiger partial charge is 0.416 e. The molecule has 1 aliphatic rings. The molecule has 0 spiro atoms. The monoisotopic (exact) mass is 463 g/mol. The van der Waals surface area contributed by atoms with Crippen molar-refractivity contribution in [3.8, 4) is 0 Å². The van der Waals surface area contributed by atoms with Crippen LogP contribution in [0, 0.1) is 0 Å². The van der Waals surface area contributed by atoms with Crippen LogP contribution in [-0.2, 0) is 21.7 Å². The van der Waals surface area contributed by atoms with E-state index in [0.717, 1.165) is 18.2 Å². The van der Waals surface area contributed by atoms with Crippen LogP contribution in [0.3, 0.4) is 0 Å². The quantitative estimate of drug-likeness (QED) is 0.282. The maximum Gasteiger partial charge on any atom is 0.416 e. The normalized spacial score (nSPS) is 18.5. The highest BCUT2D eigenvalue weighted by Gasteiger charge is 2.41. The van der Waals surface area contributed by atoms with Crippen molar-refractivity contribution >= 4 is 11.9 Å². The van der Waals surface area contributed by atoms with Crippen LogP contribution in [0.25, 0.3) is 0 Å². The molecule has 0 unspecified atom stereocenters. The molecular formula is C22H26F5NO4. The van der Waals surface area contributed by atoms with Crippen LogP contribution in [0.1, 0.15) is 56.1 Å². The summed E-state index contributed by atoms with van der Waals surface area (Å²) in [5, 5.41) is 18.6. The number of benzene rings is 1. The fourth-order valence-electron chi connectivity index (χ4n) is 3.59. The van der Waals surface area contributed by atoms with Gasteiger partial charge >= 0.3 is 18.1 Å². The highest BCUT2D eigenvalue weighted by atomic mass is 19.4. The highest BCUT2D eigenvalue weighted by molar-refractivity contribution is 5.79. The number of alkyl halides is 5. The molecule has 0 aromatic heterocycles. The van der Waals surface area contributed by atoms with Gasteiger partial charge in [0, 0.05) is 24.9 Å². The predicted octanol–water partition coefficient (Wildman–Crippen LogP) is 4.74. The molecule has 0 saturated carbocycles. The third-order valence-corrected chi connectivity index (χ3v) is 5.38. The van der Waals surface area contributed by atoms with Gasteiger partial charge in [-0.2, -0.15) is 22.0 Å². The first kappa shape index (κ1) is 25.8. The summed E-state index contributed by atoms with van der Waals surface area (Å²) in [6.07, 6.45) is -1.78. The van der Waals surface area contributed by atoms with Crippen LogP contribution in [0.4, 0.5) is 22.0 Å². The van der Waals surface area contributed by atoms with E-state index >= 15 is 0 Å². The van der Waals surface area contributed by atoms with E-state index in [4.69, 9.17) is 5.11 Å². The second kappa shape index (κ2) is 10.9. The Morgan fingerprint density at radius 2 is 1.78 bits per heavy atom. The molecule has 5 nitrogen and oxygen atoms in total. The van der Waals surface area contributed by atoms with Gasteiger partial charge < -0.3 is 15.1 Å². The van der Waals surface area contributed by atoms with Crippen LogP contribution < -0.4 is 0 Å². The largest absolute Gasteiger partial charge is 0.481 e. The Labute approximate surface area is 182 Å². The zero-order valence-electron chi connectivity index (χ0n) is 17.3. The fourth-order valence-corrected chi connectivity index (χ4v) is 3.59. The standard InChI is InChI=1S/C22H26F5NO4/c23-21(24,15-6-5-7-16(14-15)22(25,26)27)18(29)11-9-17-10-12-19(30)28(17)13-4-2-1-3-8-20(31)32/h5-7,9,11,14,17-18,29H,1-4,8,10,12-13H2,(H,31,32)/b11-9+/t17-,18+/m0/s1. The number of carbonyl (C=O) groups excluding carboxylic acids is 1. The zero-order valence-corrected chi connectivity index (χ0v) is 17.3. The van der Waals surface area contributed by atoms with E-state index in [1.807, 2.05) is 0 Å². The van der Waals surface area contributed by atoms with Crippen molar-refractivity contribution in [2.45, 2.75) is 69.2 Å². The van der Waals surface area contributed by atoms with E-state index in [1.54, 1.807) is 0 Å². The van der Waals surface area contributed by atoms with Crippen molar-refractivity contribution in [3.05, 3.63) is 47.5 Å². The Balaban J connectivity index is 1.97. The molecule has 2 rings (SSSR count). The number of nitrogens with zero attached hydrogens (tertiary/aromatic N) is 1. The van der Waals surface area contributed by atoms with Crippen molar-refractivity contribution in [1.29, 1.82) is 0 Å². The van der Waals surface area contributed by atoms with Crippen LogP contribution >= 0.6 is 0 Å². The van der Waals surface area contributed by atoms with E-state index in [1.165, 1.54) is 11.0 Å². The van der Waals surface area contributed by atoms with Crippen LogP contribution in [0.5, 0.6) is 0 Å². The van der Waals surface area contributed by atoms with Crippen molar-refractivity contribution in [2.75, 3.05) is 6.54 Å². The minimum Gasteiger partial charge on any atom is -0.481 e. The molecule has 10 heteroatoms. The minimum atomic E-state index is -4.79. The zero-order chi connectivity index (χ0) is 23.9. The molecule has 1 aromatic rings.